The van der Waals surface area contributed by atoms with Gasteiger partial charge in [0.15, 0.2) is 0 Å². The molecule has 1 saturated heterocycles. The van der Waals surface area contributed by atoms with Crippen LogP contribution in [0.4, 0.5) is 0 Å². The van der Waals surface area contributed by atoms with Crippen LogP contribution in [0.5, 0.6) is 0 Å². The van der Waals surface area contributed by atoms with Gasteiger partial charge in [0.25, 0.3) is 0 Å². The van der Waals surface area contributed by atoms with Crippen LogP contribution in [0.2, 0.25) is 0 Å². The molecule has 0 bridgehead atoms. The number of carbonyl (C=O) groups excluding carboxylic acids is 1. The van der Waals surface area contributed by atoms with Crippen molar-refractivity contribution in [2.45, 2.75) is 38.8 Å². The summed E-state index contributed by atoms with van der Waals surface area (Å²) in [6.07, 6.45) is 2.14. The van der Waals surface area contributed by atoms with Crippen LogP contribution < -0.4 is 5.32 Å². The van der Waals surface area contributed by atoms with E-state index in [1.54, 1.807) is 0 Å². The van der Waals surface area contributed by atoms with E-state index in [9.17, 15) is 4.79 Å². The number of piperidine rings is 1. The Balaban J connectivity index is 2.36. The monoisotopic (exact) mass is 200 g/mol. The molecule has 1 amide bonds. The standard InChI is InChI=1S/C10H20N2O2/c1-8(2)12-5-3-4-9(6-12)11-10(14)7-13/h8-9,13H,3-7H2,1-2H3,(H,11,14). The van der Waals surface area contributed by atoms with Crippen LogP contribution in [0.3, 0.4) is 0 Å². The number of nitrogens with zero attached hydrogens (tertiary/aromatic N) is 1. The first-order chi connectivity index (χ1) is 6.63. The fourth-order valence-electron chi connectivity index (χ4n) is 1.87. The van der Waals surface area contributed by atoms with E-state index < -0.39 is 6.61 Å². The second-order valence-corrected chi connectivity index (χ2v) is 4.15. The van der Waals surface area contributed by atoms with E-state index in [0.717, 1.165) is 25.9 Å². The first kappa shape index (κ1) is 11.5. The van der Waals surface area contributed by atoms with Crippen molar-refractivity contribution in [3.05, 3.63) is 0 Å². The zero-order valence-corrected chi connectivity index (χ0v) is 8.99. The maximum atomic E-state index is 11.0. The van der Waals surface area contributed by atoms with Gasteiger partial charge in [-0.3, -0.25) is 9.69 Å². The second-order valence-electron chi connectivity index (χ2n) is 4.15. The zero-order valence-electron chi connectivity index (χ0n) is 8.99. The Labute approximate surface area is 85.3 Å². The van der Waals surface area contributed by atoms with Crippen molar-refractivity contribution in [2.75, 3.05) is 19.7 Å². The van der Waals surface area contributed by atoms with E-state index in [-0.39, 0.29) is 11.9 Å². The summed E-state index contributed by atoms with van der Waals surface area (Å²) in [5.74, 6) is -0.263. The van der Waals surface area contributed by atoms with Crippen molar-refractivity contribution in [1.29, 1.82) is 0 Å². The maximum absolute atomic E-state index is 11.0. The van der Waals surface area contributed by atoms with E-state index >= 15 is 0 Å². The zero-order chi connectivity index (χ0) is 10.6. The number of aliphatic hydroxyl groups is 1. The molecule has 0 radical (unpaired) electrons. The molecular formula is C10H20N2O2. The van der Waals surface area contributed by atoms with Gasteiger partial charge in [-0.25, -0.2) is 0 Å². The summed E-state index contributed by atoms with van der Waals surface area (Å²) >= 11 is 0. The van der Waals surface area contributed by atoms with Crippen LogP contribution in [-0.2, 0) is 4.79 Å². The minimum atomic E-state index is -0.405. The van der Waals surface area contributed by atoms with Crippen LogP contribution in [0.1, 0.15) is 26.7 Å². The van der Waals surface area contributed by atoms with Crippen LogP contribution >= 0.6 is 0 Å². The van der Waals surface area contributed by atoms with Crippen molar-refractivity contribution < 1.29 is 9.90 Å². The van der Waals surface area contributed by atoms with Gasteiger partial charge in [0.1, 0.15) is 6.61 Å². The van der Waals surface area contributed by atoms with E-state index in [4.69, 9.17) is 5.11 Å². The Morgan fingerprint density at radius 2 is 2.36 bits per heavy atom. The first-order valence-electron chi connectivity index (χ1n) is 5.27. The Hall–Kier alpha value is -0.610. The van der Waals surface area contributed by atoms with Gasteiger partial charge in [-0.15, -0.1) is 0 Å². The van der Waals surface area contributed by atoms with E-state index in [2.05, 4.69) is 24.1 Å². The Morgan fingerprint density at radius 3 is 2.93 bits per heavy atom. The average molecular weight is 200 g/mol. The van der Waals surface area contributed by atoms with Crippen molar-refractivity contribution in [1.82, 2.24) is 10.2 Å². The fourth-order valence-corrected chi connectivity index (χ4v) is 1.87. The van der Waals surface area contributed by atoms with Crippen molar-refractivity contribution in [2.24, 2.45) is 0 Å². The third kappa shape index (κ3) is 3.27. The van der Waals surface area contributed by atoms with Gasteiger partial charge in [0.05, 0.1) is 0 Å². The molecule has 1 aliphatic rings. The smallest absolute Gasteiger partial charge is 0.245 e. The number of likely N-dealkylation sites (tertiary alicyclic amines) is 1. The highest BCUT2D eigenvalue weighted by molar-refractivity contribution is 5.77. The number of rotatable bonds is 3. The van der Waals surface area contributed by atoms with Crippen LogP contribution in [0.25, 0.3) is 0 Å². The predicted molar refractivity (Wildman–Crippen MR) is 55.0 cm³/mol. The number of hydrogen-bond donors (Lipinski definition) is 2. The van der Waals surface area contributed by atoms with Gasteiger partial charge in [-0.2, -0.15) is 0 Å². The third-order valence-corrected chi connectivity index (χ3v) is 2.69. The molecule has 0 saturated carbocycles. The quantitative estimate of drug-likeness (QED) is 0.672. The lowest BCUT2D eigenvalue weighted by molar-refractivity contribution is -0.124. The van der Waals surface area contributed by atoms with Gasteiger partial charge in [-0.1, -0.05) is 0 Å². The summed E-state index contributed by atoms with van der Waals surface area (Å²) in [4.78, 5) is 13.3. The molecule has 1 aliphatic heterocycles. The maximum Gasteiger partial charge on any atom is 0.245 e. The number of carbonyl (C=O) groups is 1. The second kappa shape index (κ2) is 5.32. The number of nitrogens with one attached hydrogen (secondary N) is 1. The summed E-state index contributed by atoms with van der Waals surface area (Å²) in [6, 6.07) is 0.745. The summed E-state index contributed by atoms with van der Waals surface area (Å²) in [5, 5.41) is 11.4. The molecule has 1 heterocycles. The topological polar surface area (TPSA) is 52.6 Å². The SMILES string of the molecule is CC(C)N1CCCC(NC(=O)CO)C1. The lowest BCUT2D eigenvalue weighted by atomic mass is 10.0. The summed E-state index contributed by atoms with van der Waals surface area (Å²) < 4.78 is 0. The molecule has 1 unspecified atom stereocenters. The Morgan fingerprint density at radius 1 is 1.64 bits per heavy atom. The summed E-state index contributed by atoms with van der Waals surface area (Å²) in [6.45, 7) is 5.94. The molecule has 1 fully saturated rings. The summed E-state index contributed by atoms with van der Waals surface area (Å²) in [5.41, 5.74) is 0. The van der Waals surface area contributed by atoms with Gasteiger partial charge >= 0.3 is 0 Å². The number of amides is 1. The third-order valence-electron chi connectivity index (χ3n) is 2.69. The molecule has 4 nitrogen and oxygen atoms in total. The first-order valence-corrected chi connectivity index (χ1v) is 5.27. The molecule has 0 aliphatic carbocycles. The highest BCUT2D eigenvalue weighted by Gasteiger charge is 2.22. The van der Waals surface area contributed by atoms with E-state index in [1.807, 2.05) is 0 Å². The fraction of sp³-hybridized carbons (Fsp3) is 0.900. The van der Waals surface area contributed by atoms with Crippen LogP contribution in [-0.4, -0.2) is 47.7 Å². The van der Waals surface area contributed by atoms with Gasteiger partial charge < -0.3 is 10.4 Å². The molecule has 2 N–H and O–H groups in total. The number of aliphatic hydroxyl groups excluding tert-OH is 1. The van der Waals surface area contributed by atoms with Gasteiger partial charge in [0, 0.05) is 18.6 Å². The van der Waals surface area contributed by atoms with E-state index in [0.29, 0.717) is 6.04 Å². The molecule has 1 rings (SSSR count). The Bertz CT molecular complexity index is 195. The molecular weight excluding hydrogens is 180 g/mol. The van der Waals surface area contributed by atoms with Crippen molar-refractivity contribution >= 4 is 5.91 Å². The van der Waals surface area contributed by atoms with Crippen LogP contribution in [0, 0.1) is 0 Å². The average Bonchev–Trinajstić information content (AvgIpc) is 2.18. The molecule has 0 aromatic heterocycles. The number of hydrogen-bond acceptors (Lipinski definition) is 3. The highest BCUT2D eigenvalue weighted by Crippen LogP contribution is 2.12. The van der Waals surface area contributed by atoms with Crippen molar-refractivity contribution in [3.8, 4) is 0 Å². The van der Waals surface area contributed by atoms with Gasteiger partial charge in [-0.05, 0) is 33.2 Å². The summed E-state index contributed by atoms with van der Waals surface area (Å²) in [7, 11) is 0. The van der Waals surface area contributed by atoms with E-state index in [1.165, 1.54) is 0 Å². The molecule has 82 valence electrons. The molecule has 0 aromatic carbocycles. The molecule has 4 heteroatoms. The largest absolute Gasteiger partial charge is 0.387 e. The van der Waals surface area contributed by atoms with Crippen molar-refractivity contribution in [3.63, 3.8) is 0 Å². The molecule has 14 heavy (non-hydrogen) atoms. The molecule has 0 aromatic rings. The molecule has 1 atom stereocenters. The predicted octanol–water partition coefficient (Wildman–Crippen LogP) is -0.0323. The lowest BCUT2D eigenvalue weighted by Gasteiger charge is -2.35. The minimum Gasteiger partial charge on any atom is -0.387 e. The van der Waals surface area contributed by atoms with Gasteiger partial charge in [0.2, 0.25) is 5.91 Å². The van der Waals surface area contributed by atoms with Crippen LogP contribution in [0.15, 0.2) is 0 Å². The molecule has 0 spiro atoms. The minimum absolute atomic E-state index is 0.214. The normalized spacial score (nSPS) is 23.9. The lowest BCUT2D eigenvalue weighted by Crippen LogP contribution is -2.50. The highest BCUT2D eigenvalue weighted by atomic mass is 16.3. The Kier molecular flexibility index (Phi) is 4.35.